The standard InChI is InChI=1S/C38H40N8O7.C7H14O.C3H8/c1-20-6-11-30(46(20)33(48)18-41-38(50)52-3)35-39-16-28(43-35)22-7-9-24-23(13-22)19-53-31-15-25-21(14-26(24)31)8-10-27-34(25)44-36(42-27)29-5-4-12-45(29)32(47)17-40-37(49)51-2;1-6-4-3-5-7(2)8-6;1-3-2/h7-10,13-16,20,29-30H,4-6,11-12,17-19H2,1-3H3,(H,39,43)(H,40,49)(H,41,50)(H,42,44);6-7H,3-5H2,1-2H3;3H2,1-2H3/t20-,29?,30?;6-,7?;/m01./s1. The van der Waals surface area contributed by atoms with Gasteiger partial charge >= 0.3 is 12.2 Å². The van der Waals surface area contributed by atoms with Gasteiger partial charge in [-0.2, -0.15) is 0 Å². The molecule has 0 saturated carbocycles. The summed E-state index contributed by atoms with van der Waals surface area (Å²) in [7, 11) is 2.53. The molecule has 0 aliphatic carbocycles. The molecule has 4 aliphatic heterocycles. The summed E-state index contributed by atoms with van der Waals surface area (Å²) in [5.41, 5.74) is 6.59. The zero-order valence-electron chi connectivity index (χ0n) is 38.0. The average Bonchev–Trinajstić information content (AvgIpc) is 4.13. The van der Waals surface area contributed by atoms with Gasteiger partial charge in [0.1, 0.15) is 37.1 Å². The van der Waals surface area contributed by atoms with Crippen molar-refractivity contribution in [2.45, 2.75) is 123 Å². The van der Waals surface area contributed by atoms with Crippen LogP contribution in [0.25, 0.3) is 44.2 Å². The van der Waals surface area contributed by atoms with Crippen LogP contribution in [0.3, 0.4) is 0 Å². The number of methoxy groups -OCH3 is 2. The van der Waals surface area contributed by atoms with Crippen LogP contribution in [0, 0.1) is 0 Å². The number of fused-ring (bicyclic) bond motifs is 6. The maximum atomic E-state index is 13.0. The number of likely N-dealkylation sites (tertiary alicyclic amines) is 2. The minimum Gasteiger partial charge on any atom is -0.488 e. The maximum absolute atomic E-state index is 13.0. The fraction of sp³-hybridized carbons (Fsp3) is 0.500. The van der Waals surface area contributed by atoms with E-state index >= 15 is 0 Å². The van der Waals surface area contributed by atoms with E-state index in [4.69, 9.17) is 14.5 Å². The lowest BCUT2D eigenvalue weighted by Gasteiger charge is -2.27. The summed E-state index contributed by atoms with van der Waals surface area (Å²) in [5.74, 6) is 1.82. The Kier molecular flexibility index (Phi) is 14.7. The molecule has 3 fully saturated rings. The highest BCUT2D eigenvalue weighted by molar-refractivity contribution is 6.07. The maximum Gasteiger partial charge on any atom is 0.407 e. The molecule has 4 aliphatic rings. The molecule has 0 spiro atoms. The van der Waals surface area contributed by atoms with Crippen molar-refractivity contribution in [1.82, 2.24) is 40.4 Å². The first-order valence-electron chi connectivity index (χ1n) is 22.6. The molecule has 5 aromatic rings. The smallest absolute Gasteiger partial charge is 0.407 e. The molecule has 0 radical (unpaired) electrons. The van der Waals surface area contributed by atoms with Crippen LogP contribution in [0.2, 0.25) is 0 Å². The van der Waals surface area contributed by atoms with Gasteiger partial charge < -0.3 is 49.3 Å². The van der Waals surface area contributed by atoms with Gasteiger partial charge in [-0.05, 0) is 112 Å². The fourth-order valence-electron chi connectivity index (χ4n) is 9.16. The number of nitrogens with zero attached hydrogens (tertiary/aromatic N) is 4. The third-order valence-electron chi connectivity index (χ3n) is 12.3. The molecule has 6 heterocycles. The second-order valence-corrected chi connectivity index (χ2v) is 17.1. The predicted molar refractivity (Wildman–Crippen MR) is 244 cm³/mol. The van der Waals surface area contributed by atoms with E-state index in [1.165, 1.54) is 39.9 Å². The average molecular weight is 879 g/mol. The van der Waals surface area contributed by atoms with Gasteiger partial charge in [0.2, 0.25) is 11.8 Å². The van der Waals surface area contributed by atoms with Crippen molar-refractivity contribution < 1.29 is 38.1 Å². The molecule has 2 aromatic heterocycles. The van der Waals surface area contributed by atoms with Crippen molar-refractivity contribution in [3.05, 3.63) is 65.9 Å². The van der Waals surface area contributed by atoms with Crippen LogP contribution in [0.15, 0.2) is 48.7 Å². The van der Waals surface area contributed by atoms with Crippen molar-refractivity contribution >= 4 is 45.8 Å². The van der Waals surface area contributed by atoms with Gasteiger partial charge in [0, 0.05) is 23.5 Å². The van der Waals surface area contributed by atoms with E-state index in [1.807, 2.05) is 19.1 Å². The molecule has 0 bridgehead atoms. The molecule has 5 atom stereocenters. The molecule has 4 N–H and O–H groups in total. The topological polar surface area (TPSA) is 193 Å². The highest BCUT2D eigenvalue weighted by Crippen LogP contribution is 2.43. The van der Waals surface area contributed by atoms with Crippen molar-refractivity contribution in [2.75, 3.05) is 33.9 Å². The molecule has 3 unspecified atom stereocenters. The molecular weight excluding hydrogens is 817 g/mol. The van der Waals surface area contributed by atoms with Crippen molar-refractivity contribution in [2.24, 2.45) is 0 Å². The highest BCUT2D eigenvalue weighted by atomic mass is 16.5. The van der Waals surface area contributed by atoms with E-state index in [2.05, 4.69) is 93.1 Å². The van der Waals surface area contributed by atoms with Crippen LogP contribution in [0.4, 0.5) is 9.59 Å². The van der Waals surface area contributed by atoms with Crippen LogP contribution >= 0.6 is 0 Å². The van der Waals surface area contributed by atoms with Crippen LogP contribution in [-0.2, 0) is 30.4 Å². The van der Waals surface area contributed by atoms with Crippen molar-refractivity contribution in [3.63, 3.8) is 0 Å². The van der Waals surface area contributed by atoms with Crippen molar-refractivity contribution in [3.8, 4) is 28.1 Å². The number of ether oxygens (including phenoxy) is 4. The number of amides is 4. The SMILES string of the molecule is CC1CCC[C@@H](C)O1.CCC.COC(=O)NCC(=O)N1CCCC1c1nc2c(ccc3cc4c(cc32)OCc2cc(-c3cnc(C5CC[C@H](C)N5C(=O)CNC(=O)OC)[nH]3)ccc2-4)[nH]1. The first-order chi connectivity index (χ1) is 30.9. The number of H-pyrrole nitrogens is 2. The summed E-state index contributed by atoms with van der Waals surface area (Å²) < 4.78 is 21.1. The number of aromatic nitrogens is 4. The molecule has 3 saturated heterocycles. The highest BCUT2D eigenvalue weighted by Gasteiger charge is 2.37. The van der Waals surface area contributed by atoms with Gasteiger partial charge in [-0.25, -0.2) is 19.6 Å². The van der Waals surface area contributed by atoms with Gasteiger partial charge in [0.25, 0.3) is 0 Å². The first-order valence-corrected chi connectivity index (χ1v) is 22.6. The molecule has 16 heteroatoms. The molecule has 4 amide bonds. The summed E-state index contributed by atoms with van der Waals surface area (Å²) >= 11 is 0. The molecular formula is C48H62N8O8. The van der Waals surface area contributed by atoms with E-state index in [0.717, 1.165) is 81.2 Å². The molecule has 342 valence electrons. The number of alkyl carbamates (subject to hydrolysis) is 2. The summed E-state index contributed by atoms with van der Waals surface area (Å²) in [6.07, 6.45) is 9.85. The Morgan fingerprint density at radius 1 is 0.797 bits per heavy atom. The Bertz CT molecular complexity index is 2460. The van der Waals surface area contributed by atoms with Crippen LogP contribution in [0.5, 0.6) is 5.75 Å². The monoisotopic (exact) mass is 878 g/mol. The normalized spacial score (nSPS) is 21.1. The zero-order chi connectivity index (χ0) is 45.5. The number of carbonyl (C=O) groups is 4. The van der Waals surface area contributed by atoms with E-state index < -0.39 is 12.2 Å². The quantitative estimate of drug-likeness (QED) is 0.123. The summed E-state index contributed by atoms with van der Waals surface area (Å²) in [5, 5.41) is 6.93. The number of aromatic amines is 2. The molecule has 64 heavy (non-hydrogen) atoms. The minimum absolute atomic E-state index is 0.0141. The Labute approximate surface area is 374 Å². The second kappa shape index (κ2) is 20.6. The van der Waals surface area contributed by atoms with Gasteiger partial charge in [0.15, 0.2) is 0 Å². The number of imidazole rings is 2. The van der Waals surface area contributed by atoms with E-state index in [0.29, 0.717) is 37.0 Å². The van der Waals surface area contributed by atoms with E-state index in [-0.39, 0.29) is 43.0 Å². The Morgan fingerprint density at radius 3 is 2.20 bits per heavy atom. The number of rotatable bonds is 7. The lowest BCUT2D eigenvalue weighted by molar-refractivity contribution is -0.133. The largest absolute Gasteiger partial charge is 0.488 e. The van der Waals surface area contributed by atoms with Gasteiger partial charge in [0.05, 0.1) is 61.4 Å². The van der Waals surface area contributed by atoms with Gasteiger partial charge in [-0.15, -0.1) is 0 Å². The van der Waals surface area contributed by atoms with Crippen molar-refractivity contribution in [1.29, 1.82) is 0 Å². The number of nitrogens with one attached hydrogen (secondary N) is 4. The summed E-state index contributed by atoms with van der Waals surface area (Å²) in [6.45, 7) is 11.2. The number of benzene rings is 3. The first kappa shape index (κ1) is 45.9. The predicted octanol–water partition coefficient (Wildman–Crippen LogP) is 8.47. The van der Waals surface area contributed by atoms with E-state index in [1.54, 1.807) is 16.0 Å². The van der Waals surface area contributed by atoms with Crippen LogP contribution < -0.4 is 15.4 Å². The lowest BCUT2D eigenvalue weighted by Crippen LogP contribution is -2.43. The third kappa shape index (κ3) is 10.1. The van der Waals surface area contributed by atoms with Gasteiger partial charge in [-0.3, -0.25) is 9.59 Å². The van der Waals surface area contributed by atoms with Crippen LogP contribution in [0.1, 0.15) is 115 Å². The molecule has 3 aromatic carbocycles. The van der Waals surface area contributed by atoms with E-state index in [9.17, 15) is 19.2 Å². The number of carbonyl (C=O) groups excluding carboxylic acids is 4. The molecule has 9 rings (SSSR count). The summed E-state index contributed by atoms with van der Waals surface area (Å²) in [6, 6.07) is 14.1. The third-order valence-corrected chi connectivity index (χ3v) is 12.3. The Balaban J connectivity index is 0.000000493. The Hall–Kier alpha value is -6.16. The number of hydrogen-bond acceptors (Lipinski definition) is 10. The van der Waals surface area contributed by atoms with Gasteiger partial charge in [-0.1, -0.05) is 38.5 Å². The summed E-state index contributed by atoms with van der Waals surface area (Å²) in [4.78, 5) is 69.2. The number of hydrogen-bond donors (Lipinski definition) is 4. The molecule has 16 nitrogen and oxygen atoms in total. The fourth-order valence-corrected chi connectivity index (χ4v) is 9.16. The minimum atomic E-state index is -0.644. The Morgan fingerprint density at radius 2 is 1.52 bits per heavy atom. The second-order valence-electron chi connectivity index (χ2n) is 17.1. The lowest BCUT2D eigenvalue weighted by atomic mass is 9.92. The van der Waals surface area contributed by atoms with Crippen LogP contribution in [-0.4, -0.2) is 106 Å². The zero-order valence-corrected chi connectivity index (χ0v) is 38.0.